The highest BCUT2D eigenvalue weighted by atomic mass is 32.2. The fourth-order valence-corrected chi connectivity index (χ4v) is 9.15. The highest BCUT2D eigenvalue weighted by molar-refractivity contribution is 7.90. The number of hydrogen-bond donors (Lipinski definition) is 0. The normalized spacial score (nSPS) is 16.2. The number of benzene rings is 1. The van der Waals surface area contributed by atoms with Gasteiger partial charge in [0.2, 0.25) is 26.0 Å². The van der Waals surface area contributed by atoms with Crippen LogP contribution in [-0.4, -0.2) is 85.2 Å². The van der Waals surface area contributed by atoms with Gasteiger partial charge in [0, 0.05) is 38.3 Å². The predicted molar refractivity (Wildman–Crippen MR) is 160 cm³/mol. The molecule has 0 unspecified atom stereocenters. The van der Waals surface area contributed by atoms with Crippen molar-refractivity contribution in [3.05, 3.63) is 59.7 Å². The summed E-state index contributed by atoms with van der Waals surface area (Å²) in [5, 5.41) is 11.7. The minimum atomic E-state index is -4.52. The van der Waals surface area contributed by atoms with E-state index in [-0.39, 0.29) is 24.9 Å². The molecule has 1 saturated heterocycles. The van der Waals surface area contributed by atoms with Crippen molar-refractivity contribution in [3.8, 4) is 0 Å². The van der Waals surface area contributed by atoms with Gasteiger partial charge >= 0.3 is 0 Å². The lowest BCUT2D eigenvalue weighted by atomic mass is 10.0. The smallest absolute Gasteiger partial charge is 0.289 e. The van der Waals surface area contributed by atoms with Crippen molar-refractivity contribution >= 4 is 31.6 Å². The Bertz CT molecular complexity index is 1290. The number of carbonyl (C=O) groups is 1. The van der Waals surface area contributed by atoms with Gasteiger partial charge in [0.25, 0.3) is 5.69 Å². The van der Waals surface area contributed by atoms with Crippen molar-refractivity contribution in [1.29, 1.82) is 0 Å². The molecule has 13 heteroatoms. The summed E-state index contributed by atoms with van der Waals surface area (Å²) < 4.78 is 58.1. The molecule has 41 heavy (non-hydrogen) atoms. The fourth-order valence-electron chi connectivity index (χ4n) is 5.09. The molecule has 1 fully saturated rings. The van der Waals surface area contributed by atoms with E-state index in [1.54, 1.807) is 18.7 Å². The molecule has 1 aromatic rings. The maximum absolute atomic E-state index is 14.1. The van der Waals surface area contributed by atoms with E-state index in [2.05, 4.69) is 13.2 Å². The first-order valence-electron chi connectivity index (χ1n) is 13.9. The van der Waals surface area contributed by atoms with Crippen molar-refractivity contribution in [1.82, 2.24) is 13.5 Å². The van der Waals surface area contributed by atoms with Gasteiger partial charge in [-0.05, 0) is 43.6 Å². The fraction of sp³-hybridized carbons (Fsp3) is 0.607. The largest absolute Gasteiger partial charge is 0.341 e. The number of para-hydroxylation sites is 1. The zero-order valence-electron chi connectivity index (χ0n) is 24.5. The predicted octanol–water partition coefficient (Wildman–Crippen LogP) is 4.04. The molecule has 1 aliphatic rings. The van der Waals surface area contributed by atoms with Gasteiger partial charge in [-0.25, -0.2) is 16.8 Å². The molecule has 2 rings (SSSR count). The van der Waals surface area contributed by atoms with Crippen LogP contribution >= 0.6 is 0 Å². The molecular weight excluding hydrogens is 568 g/mol. The summed E-state index contributed by atoms with van der Waals surface area (Å²) in [5.74, 6) is -1.39. The molecule has 0 radical (unpaired) electrons. The van der Waals surface area contributed by atoms with E-state index >= 15 is 0 Å². The third kappa shape index (κ3) is 8.69. The number of amides is 1. The van der Waals surface area contributed by atoms with E-state index in [0.29, 0.717) is 19.5 Å². The Balaban J connectivity index is 2.59. The topological polar surface area (TPSA) is 138 Å². The number of rotatable bonds is 16. The van der Waals surface area contributed by atoms with Crippen LogP contribution in [0.25, 0.3) is 0 Å². The molecule has 1 heterocycles. The van der Waals surface area contributed by atoms with Crippen LogP contribution in [0.1, 0.15) is 53.4 Å². The summed E-state index contributed by atoms with van der Waals surface area (Å²) in [6.45, 7) is 15.3. The molecule has 0 aliphatic carbocycles. The van der Waals surface area contributed by atoms with Gasteiger partial charge in [-0.15, -0.1) is 13.2 Å². The zero-order valence-corrected chi connectivity index (χ0v) is 26.1. The average molecular weight is 613 g/mol. The number of piperidine rings is 1. The summed E-state index contributed by atoms with van der Waals surface area (Å²) in [6, 6.07) is 2.88. The van der Waals surface area contributed by atoms with Crippen molar-refractivity contribution in [2.24, 2.45) is 11.8 Å². The molecule has 0 saturated carbocycles. The van der Waals surface area contributed by atoms with Crippen molar-refractivity contribution in [3.63, 3.8) is 0 Å². The maximum Gasteiger partial charge on any atom is 0.289 e. The Morgan fingerprint density at radius 2 is 1.56 bits per heavy atom. The van der Waals surface area contributed by atoms with Crippen LogP contribution in [0.2, 0.25) is 0 Å². The van der Waals surface area contributed by atoms with E-state index in [0.717, 1.165) is 40.0 Å². The monoisotopic (exact) mass is 612 g/mol. The summed E-state index contributed by atoms with van der Waals surface area (Å²) >= 11 is 0. The van der Waals surface area contributed by atoms with Gasteiger partial charge in [-0.1, -0.05) is 52.0 Å². The maximum atomic E-state index is 14.1. The summed E-state index contributed by atoms with van der Waals surface area (Å²) in [7, 11) is -8.77. The molecule has 0 aromatic heterocycles. The lowest BCUT2D eigenvalue weighted by Gasteiger charge is -2.38. The van der Waals surface area contributed by atoms with Crippen LogP contribution in [0.4, 0.5) is 5.69 Å². The summed E-state index contributed by atoms with van der Waals surface area (Å²) in [5.41, 5.74) is -0.607. The Morgan fingerprint density at radius 1 is 1.00 bits per heavy atom. The molecule has 1 aliphatic heterocycles. The number of nitro groups is 1. The molecule has 1 aromatic carbocycles. The standard InChI is InChI=1S/C28H44N4O7S2/c1-7-16-30(25(20-22(3)4)28(33)29-18-12-9-13-19-29)40(36,37)21-26(23(5)6)31(17-8-2)41(38,39)27-15-11-10-14-24(27)32(34)35/h7-8,10-11,14-15,22-23,25-26H,1-2,9,12-13,16-21H2,3-6H3/t25-,26+/m0/s1. The van der Waals surface area contributed by atoms with Gasteiger partial charge in [-0.2, -0.15) is 8.61 Å². The molecule has 0 N–H and O–H groups in total. The van der Waals surface area contributed by atoms with E-state index in [1.165, 1.54) is 24.3 Å². The van der Waals surface area contributed by atoms with E-state index in [4.69, 9.17) is 0 Å². The number of nitro benzene ring substituents is 1. The van der Waals surface area contributed by atoms with Gasteiger partial charge in [0.15, 0.2) is 4.90 Å². The van der Waals surface area contributed by atoms with Crippen molar-refractivity contribution < 1.29 is 26.6 Å². The highest BCUT2D eigenvalue weighted by Crippen LogP contribution is 2.31. The minimum absolute atomic E-state index is 0.00780. The first-order valence-corrected chi connectivity index (χ1v) is 17.0. The highest BCUT2D eigenvalue weighted by Gasteiger charge is 2.43. The van der Waals surface area contributed by atoms with Crippen LogP contribution in [-0.2, 0) is 24.8 Å². The molecule has 230 valence electrons. The van der Waals surface area contributed by atoms with E-state index in [1.807, 2.05) is 13.8 Å². The molecular formula is C28H44N4O7S2. The Morgan fingerprint density at radius 3 is 2.07 bits per heavy atom. The third-order valence-corrected chi connectivity index (χ3v) is 11.0. The van der Waals surface area contributed by atoms with Crippen LogP contribution in [0.3, 0.4) is 0 Å². The number of carbonyl (C=O) groups excluding carboxylic acids is 1. The quantitative estimate of drug-likeness (QED) is 0.156. The summed E-state index contributed by atoms with van der Waals surface area (Å²) in [6.07, 6.45) is 5.74. The van der Waals surface area contributed by atoms with Crippen LogP contribution in [0.5, 0.6) is 0 Å². The Hall–Kier alpha value is -2.61. The van der Waals surface area contributed by atoms with Crippen molar-refractivity contribution in [2.45, 2.75) is 70.4 Å². The molecule has 0 spiro atoms. The molecule has 1 amide bonds. The second kappa shape index (κ2) is 15.0. The van der Waals surface area contributed by atoms with E-state index < -0.39 is 59.3 Å². The lowest BCUT2D eigenvalue weighted by Crippen LogP contribution is -2.55. The minimum Gasteiger partial charge on any atom is -0.341 e. The SMILES string of the molecule is C=CCN([C@@H](CC(C)C)C(=O)N1CCCCC1)S(=O)(=O)C[C@H](C(C)C)N(CC=C)S(=O)(=O)c1ccccc1[N+](=O)[O-]. The first kappa shape index (κ1) is 34.6. The second-order valence-corrected chi connectivity index (χ2v) is 14.9. The Labute approximate surface area is 245 Å². The average Bonchev–Trinajstić information content (AvgIpc) is 2.92. The first-order chi connectivity index (χ1) is 19.2. The zero-order chi connectivity index (χ0) is 31.0. The van der Waals surface area contributed by atoms with Crippen molar-refractivity contribution in [2.75, 3.05) is 31.9 Å². The lowest BCUT2D eigenvalue weighted by molar-refractivity contribution is -0.387. The van der Waals surface area contributed by atoms with Gasteiger partial charge in [-0.3, -0.25) is 14.9 Å². The van der Waals surface area contributed by atoms with Crippen LogP contribution in [0.15, 0.2) is 54.5 Å². The number of likely N-dealkylation sites (tertiary alicyclic amines) is 1. The summed E-state index contributed by atoms with van der Waals surface area (Å²) in [4.78, 5) is 25.8. The number of sulfonamides is 2. The Kier molecular flexibility index (Phi) is 12.7. The number of nitrogens with zero attached hydrogens (tertiary/aromatic N) is 4. The van der Waals surface area contributed by atoms with Gasteiger partial charge < -0.3 is 4.90 Å². The molecule has 11 nitrogen and oxygen atoms in total. The van der Waals surface area contributed by atoms with E-state index in [9.17, 15) is 31.7 Å². The van der Waals surface area contributed by atoms with Crippen LogP contribution in [0, 0.1) is 22.0 Å². The second-order valence-electron chi connectivity index (χ2n) is 11.1. The van der Waals surface area contributed by atoms with Gasteiger partial charge in [0.05, 0.1) is 10.7 Å². The molecule has 2 atom stereocenters. The third-order valence-electron chi connectivity index (χ3n) is 7.14. The van der Waals surface area contributed by atoms with Crippen LogP contribution < -0.4 is 0 Å². The number of hydrogen-bond acceptors (Lipinski definition) is 7. The molecule has 0 bridgehead atoms. The van der Waals surface area contributed by atoms with Gasteiger partial charge in [0.1, 0.15) is 6.04 Å².